The maximum Gasteiger partial charge on any atom is 0.255 e. The predicted octanol–water partition coefficient (Wildman–Crippen LogP) is 3.20. The van der Waals surface area contributed by atoms with Gasteiger partial charge in [-0.05, 0) is 37.1 Å². The molecule has 4 rings (SSSR count). The van der Waals surface area contributed by atoms with Crippen LogP contribution in [0.5, 0.6) is 0 Å². The Kier molecular flexibility index (Phi) is 4.62. The molecule has 3 heterocycles. The second kappa shape index (κ2) is 7.21. The van der Waals surface area contributed by atoms with Crippen LogP contribution < -0.4 is 0 Å². The van der Waals surface area contributed by atoms with Gasteiger partial charge >= 0.3 is 0 Å². The van der Waals surface area contributed by atoms with Crippen molar-refractivity contribution in [3.05, 3.63) is 59.1 Å². The lowest BCUT2D eigenvalue weighted by Gasteiger charge is -2.30. The fourth-order valence-corrected chi connectivity index (χ4v) is 3.28. The van der Waals surface area contributed by atoms with Crippen molar-refractivity contribution in [2.24, 2.45) is 0 Å². The van der Waals surface area contributed by atoms with Gasteiger partial charge in [0.05, 0.1) is 10.6 Å². The van der Waals surface area contributed by atoms with Gasteiger partial charge < -0.3 is 9.42 Å². The molecule has 1 amide bonds. The molecule has 0 N–H and O–H groups in total. The van der Waals surface area contributed by atoms with Gasteiger partial charge in [-0.15, -0.1) is 5.10 Å². The molecule has 1 aliphatic rings. The molecular formula is C18H16ClN5O2. The molecule has 8 heteroatoms. The number of carbonyl (C=O) groups excluding carboxylic acids is 1. The quantitative estimate of drug-likeness (QED) is 0.704. The smallest absolute Gasteiger partial charge is 0.255 e. The van der Waals surface area contributed by atoms with Crippen LogP contribution in [0.4, 0.5) is 0 Å². The van der Waals surface area contributed by atoms with Crippen LogP contribution in [0.3, 0.4) is 0 Å². The summed E-state index contributed by atoms with van der Waals surface area (Å²) in [5, 5.41) is 12.3. The van der Waals surface area contributed by atoms with Gasteiger partial charge in [0.2, 0.25) is 11.7 Å². The molecule has 2 aromatic heterocycles. The molecule has 0 radical (unpaired) electrons. The van der Waals surface area contributed by atoms with Crippen LogP contribution in [0.2, 0.25) is 5.02 Å². The standard InChI is InChI=1S/C18H16ClN5O2/c19-14-5-2-1-4-13(14)18(25)24-10-7-12(8-11-24)17-21-16(23-26-17)15-6-3-9-20-22-15/h1-6,9,12H,7-8,10-11H2. The van der Waals surface area contributed by atoms with Crippen LogP contribution in [-0.4, -0.2) is 44.2 Å². The van der Waals surface area contributed by atoms with Crippen LogP contribution in [0.15, 0.2) is 47.1 Å². The summed E-state index contributed by atoms with van der Waals surface area (Å²) in [5.41, 5.74) is 1.11. The van der Waals surface area contributed by atoms with Crippen molar-refractivity contribution in [2.75, 3.05) is 13.1 Å². The molecule has 0 saturated carbocycles. The van der Waals surface area contributed by atoms with E-state index in [-0.39, 0.29) is 11.8 Å². The van der Waals surface area contributed by atoms with Crippen LogP contribution in [0.1, 0.15) is 35.0 Å². The highest BCUT2D eigenvalue weighted by Crippen LogP contribution is 2.29. The molecule has 7 nitrogen and oxygen atoms in total. The zero-order valence-corrected chi connectivity index (χ0v) is 14.6. The van der Waals surface area contributed by atoms with E-state index in [0.717, 1.165) is 12.8 Å². The van der Waals surface area contributed by atoms with Crippen molar-refractivity contribution in [2.45, 2.75) is 18.8 Å². The van der Waals surface area contributed by atoms with Crippen molar-refractivity contribution in [3.63, 3.8) is 0 Å². The number of amides is 1. The fourth-order valence-electron chi connectivity index (χ4n) is 3.06. The first kappa shape index (κ1) is 16.7. The highest BCUT2D eigenvalue weighted by atomic mass is 35.5. The Bertz CT molecular complexity index is 907. The predicted molar refractivity (Wildman–Crippen MR) is 94.7 cm³/mol. The van der Waals surface area contributed by atoms with E-state index in [4.69, 9.17) is 16.1 Å². The second-order valence-electron chi connectivity index (χ2n) is 6.11. The molecule has 3 aromatic rings. The van der Waals surface area contributed by atoms with Crippen molar-refractivity contribution >= 4 is 17.5 Å². The van der Waals surface area contributed by atoms with Crippen LogP contribution >= 0.6 is 11.6 Å². The minimum atomic E-state index is -0.0418. The van der Waals surface area contributed by atoms with Crippen LogP contribution in [0.25, 0.3) is 11.5 Å². The normalized spacial score (nSPS) is 15.2. The number of benzene rings is 1. The molecule has 26 heavy (non-hydrogen) atoms. The first-order valence-electron chi connectivity index (χ1n) is 8.38. The Labute approximate surface area is 155 Å². The van der Waals surface area contributed by atoms with Gasteiger partial charge in [0.25, 0.3) is 5.91 Å². The molecule has 132 valence electrons. The molecule has 1 aromatic carbocycles. The molecule has 1 aliphatic heterocycles. The van der Waals surface area contributed by atoms with Crippen molar-refractivity contribution in [1.82, 2.24) is 25.2 Å². The zero-order valence-electron chi connectivity index (χ0n) is 13.9. The Morgan fingerprint density at radius 3 is 2.69 bits per heavy atom. The van der Waals surface area contributed by atoms with E-state index in [1.807, 2.05) is 17.0 Å². The summed E-state index contributed by atoms with van der Waals surface area (Å²) in [5.74, 6) is 1.10. The summed E-state index contributed by atoms with van der Waals surface area (Å²) in [6, 6.07) is 10.7. The first-order valence-corrected chi connectivity index (χ1v) is 8.75. The van der Waals surface area contributed by atoms with Crippen LogP contribution in [-0.2, 0) is 0 Å². The number of carbonyl (C=O) groups is 1. The van der Waals surface area contributed by atoms with E-state index in [2.05, 4.69) is 20.3 Å². The number of halogens is 1. The summed E-state index contributed by atoms with van der Waals surface area (Å²) >= 11 is 6.13. The van der Waals surface area contributed by atoms with Crippen molar-refractivity contribution in [3.8, 4) is 11.5 Å². The van der Waals surface area contributed by atoms with Gasteiger partial charge in [-0.1, -0.05) is 28.9 Å². The van der Waals surface area contributed by atoms with Crippen molar-refractivity contribution < 1.29 is 9.32 Å². The average molecular weight is 370 g/mol. The third kappa shape index (κ3) is 3.30. The van der Waals surface area contributed by atoms with Gasteiger partial charge in [0.1, 0.15) is 5.69 Å². The van der Waals surface area contributed by atoms with E-state index in [1.54, 1.807) is 30.5 Å². The number of piperidine rings is 1. The summed E-state index contributed by atoms with van der Waals surface area (Å²) in [7, 11) is 0. The first-order chi connectivity index (χ1) is 12.7. The van der Waals surface area contributed by atoms with Gasteiger partial charge in [0.15, 0.2) is 0 Å². The summed E-state index contributed by atoms with van der Waals surface area (Å²) in [6.07, 6.45) is 3.12. The number of likely N-dealkylation sites (tertiary alicyclic amines) is 1. The maximum absolute atomic E-state index is 12.6. The summed E-state index contributed by atoms with van der Waals surface area (Å²) < 4.78 is 5.40. The third-order valence-corrected chi connectivity index (χ3v) is 4.81. The van der Waals surface area contributed by atoms with E-state index in [9.17, 15) is 4.79 Å². The SMILES string of the molecule is O=C(c1ccccc1Cl)N1CCC(c2nc(-c3cccnn3)no2)CC1. The lowest BCUT2D eigenvalue weighted by atomic mass is 9.96. The molecule has 1 saturated heterocycles. The number of rotatable bonds is 3. The third-order valence-electron chi connectivity index (χ3n) is 4.48. The van der Waals surface area contributed by atoms with E-state index in [0.29, 0.717) is 41.1 Å². The molecule has 0 aliphatic carbocycles. The molecular weight excluding hydrogens is 354 g/mol. The van der Waals surface area contributed by atoms with Crippen molar-refractivity contribution in [1.29, 1.82) is 0 Å². The Balaban J connectivity index is 1.42. The second-order valence-corrected chi connectivity index (χ2v) is 6.52. The Morgan fingerprint density at radius 1 is 1.15 bits per heavy atom. The van der Waals surface area contributed by atoms with Crippen LogP contribution in [0, 0.1) is 0 Å². The van der Waals surface area contributed by atoms with Gasteiger partial charge in [-0.25, -0.2) is 0 Å². The van der Waals surface area contributed by atoms with E-state index >= 15 is 0 Å². The van der Waals surface area contributed by atoms with Gasteiger partial charge in [-0.2, -0.15) is 10.1 Å². The van der Waals surface area contributed by atoms with Gasteiger partial charge in [0, 0.05) is 25.2 Å². The molecule has 0 atom stereocenters. The Morgan fingerprint density at radius 2 is 1.96 bits per heavy atom. The number of nitrogens with zero attached hydrogens (tertiary/aromatic N) is 5. The Hall–Kier alpha value is -2.80. The number of aromatic nitrogens is 4. The molecule has 0 bridgehead atoms. The van der Waals surface area contributed by atoms with E-state index < -0.39 is 0 Å². The maximum atomic E-state index is 12.6. The zero-order chi connectivity index (χ0) is 17.9. The number of hydrogen-bond acceptors (Lipinski definition) is 6. The minimum Gasteiger partial charge on any atom is -0.339 e. The monoisotopic (exact) mass is 369 g/mol. The lowest BCUT2D eigenvalue weighted by Crippen LogP contribution is -2.38. The molecule has 0 spiro atoms. The van der Waals surface area contributed by atoms with E-state index in [1.165, 1.54) is 0 Å². The minimum absolute atomic E-state index is 0.0418. The summed E-state index contributed by atoms with van der Waals surface area (Å²) in [4.78, 5) is 18.9. The lowest BCUT2D eigenvalue weighted by molar-refractivity contribution is 0.0704. The largest absolute Gasteiger partial charge is 0.339 e. The summed E-state index contributed by atoms with van der Waals surface area (Å²) in [6.45, 7) is 1.25. The molecule has 0 unspecified atom stereocenters. The highest BCUT2D eigenvalue weighted by Gasteiger charge is 2.28. The fraction of sp³-hybridized carbons (Fsp3) is 0.278. The average Bonchev–Trinajstić information content (AvgIpc) is 3.19. The number of hydrogen-bond donors (Lipinski definition) is 0. The molecule has 1 fully saturated rings. The van der Waals surface area contributed by atoms with Gasteiger partial charge in [-0.3, -0.25) is 4.79 Å². The highest BCUT2D eigenvalue weighted by molar-refractivity contribution is 6.33. The topological polar surface area (TPSA) is 85.0 Å².